The first kappa shape index (κ1) is 21.5. The van der Waals surface area contributed by atoms with Gasteiger partial charge in [-0.3, -0.25) is 9.59 Å². The Morgan fingerprint density at radius 1 is 1.04 bits per heavy atom. The fourth-order valence-corrected chi connectivity index (χ4v) is 3.68. The Morgan fingerprint density at radius 2 is 1.67 bits per heavy atom. The van der Waals surface area contributed by atoms with Gasteiger partial charge in [-0.1, -0.05) is 6.07 Å². The van der Waals surface area contributed by atoms with Crippen LogP contribution >= 0.6 is 12.4 Å². The second kappa shape index (κ2) is 9.39. The monoisotopic (exact) mass is 397 g/mol. The maximum absolute atomic E-state index is 13.0. The predicted molar refractivity (Wildman–Crippen MR) is 105 cm³/mol. The summed E-state index contributed by atoms with van der Waals surface area (Å²) in [7, 11) is 3.20. The molecule has 1 N–H and O–H groups in total. The average Bonchev–Trinajstić information content (AvgIpc) is 2.73. The number of nitrogens with zero attached hydrogens (tertiary/aromatic N) is 2. The van der Waals surface area contributed by atoms with Gasteiger partial charge in [0.2, 0.25) is 0 Å². The summed E-state index contributed by atoms with van der Waals surface area (Å²) >= 11 is 0. The van der Waals surface area contributed by atoms with Crippen molar-refractivity contribution in [3.8, 4) is 5.75 Å². The van der Waals surface area contributed by atoms with Crippen LogP contribution in [0.1, 0.15) is 23.2 Å². The van der Waals surface area contributed by atoms with Crippen LogP contribution in [0.2, 0.25) is 0 Å². The van der Waals surface area contributed by atoms with Crippen molar-refractivity contribution in [2.75, 3.05) is 53.5 Å². The number of amides is 2. The van der Waals surface area contributed by atoms with Gasteiger partial charge in [-0.15, -0.1) is 12.4 Å². The third-order valence-electron chi connectivity index (χ3n) is 5.36. The maximum Gasteiger partial charge on any atom is 0.255 e. The summed E-state index contributed by atoms with van der Waals surface area (Å²) in [4.78, 5) is 29.3. The molecule has 0 radical (unpaired) electrons. The van der Waals surface area contributed by atoms with E-state index in [4.69, 9.17) is 9.47 Å². The van der Waals surface area contributed by atoms with Crippen molar-refractivity contribution in [3.63, 3.8) is 0 Å². The summed E-state index contributed by atoms with van der Waals surface area (Å²) in [5.74, 6) is 0.687. The Morgan fingerprint density at radius 3 is 2.26 bits per heavy atom. The molecule has 0 atom stereocenters. The Balaban J connectivity index is 0.00000261. The molecule has 2 fully saturated rings. The van der Waals surface area contributed by atoms with Gasteiger partial charge in [-0.25, -0.2) is 0 Å². The summed E-state index contributed by atoms with van der Waals surface area (Å²) in [5, 5.41) is 3.27. The van der Waals surface area contributed by atoms with Crippen LogP contribution in [0.3, 0.4) is 0 Å². The smallest absolute Gasteiger partial charge is 0.255 e. The zero-order chi connectivity index (χ0) is 18.6. The van der Waals surface area contributed by atoms with Crippen LogP contribution in [0.25, 0.3) is 0 Å². The van der Waals surface area contributed by atoms with E-state index >= 15 is 0 Å². The molecule has 0 bridgehead atoms. The van der Waals surface area contributed by atoms with E-state index in [-0.39, 0.29) is 24.2 Å². The van der Waals surface area contributed by atoms with Crippen LogP contribution < -0.4 is 10.1 Å². The lowest BCUT2D eigenvalue weighted by atomic mass is 9.90. The van der Waals surface area contributed by atoms with Gasteiger partial charge >= 0.3 is 0 Å². The summed E-state index contributed by atoms with van der Waals surface area (Å²) < 4.78 is 10.8. The van der Waals surface area contributed by atoms with E-state index in [9.17, 15) is 9.59 Å². The molecule has 2 heterocycles. The van der Waals surface area contributed by atoms with E-state index < -0.39 is 5.60 Å². The highest BCUT2D eigenvalue weighted by Gasteiger charge is 2.43. The molecule has 2 aliphatic rings. The van der Waals surface area contributed by atoms with Crippen molar-refractivity contribution in [1.29, 1.82) is 0 Å². The highest BCUT2D eigenvalue weighted by molar-refractivity contribution is 5.95. The largest absolute Gasteiger partial charge is 0.497 e. The molecule has 7 nitrogen and oxygen atoms in total. The molecule has 8 heteroatoms. The first-order valence-electron chi connectivity index (χ1n) is 9.08. The third-order valence-corrected chi connectivity index (χ3v) is 5.36. The molecule has 3 rings (SSSR count). The fraction of sp³-hybridized carbons (Fsp3) is 0.579. The van der Waals surface area contributed by atoms with Crippen molar-refractivity contribution >= 4 is 24.2 Å². The summed E-state index contributed by atoms with van der Waals surface area (Å²) in [6, 6.07) is 7.16. The van der Waals surface area contributed by atoms with E-state index in [1.807, 2.05) is 17.0 Å². The molecule has 0 aliphatic carbocycles. The SMILES string of the molecule is COc1cccc(C(=O)N2CCN(C(=O)C3(OC)CCNCC3)CC2)c1.Cl. The molecule has 1 aromatic carbocycles. The number of halogens is 1. The molecular weight excluding hydrogens is 370 g/mol. The number of nitrogens with one attached hydrogen (secondary N) is 1. The van der Waals surface area contributed by atoms with Gasteiger partial charge in [0.05, 0.1) is 7.11 Å². The normalized spacial score (nSPS) is 19.2. The standard InChI is InChI=1S/C19H27N3O4.ClH/c1-25-16-5-3-4-15(14-16)17(23)21-10-12-22(13-11-21)18(24)19(26-2)6-8-20-9-7-19;/h3-5,14,20H,6-13H2,1-2H3;1H. The summed E-state index contributed by atoms with van der Waals surface area (Å²) in [6.45, 7) is 3.70. The molecule has 0 spiro atoms. The number of methoxy groups -OCH3 is 2. The van der Waals surface area contributed by atoms with Crippen LogP contribution in [0.4, 0.5) is 0 Å². The predicted octanol–water partition coefficient (Wildman–Crippen LogP) is 1.17. The van der Waals surface area contributed by atoms with Crippen LogP contribution in [0.15, 0.2) is 24.3 Å². The minimum Gasteiger partial charge on any atom is -0.497 e. The lowest BCUT2D eigenvalue weighted by Crippen LogP contribution is -2.59. The number of carbonyl (C=O) groups is 2. The fourth-order valence-electron chi connectivity index (χ4n) is 3.68. The number of carbonyl (C=O) groups excluding carboxylic acids is 2. The molecular formula is C19H28ClN3O4. The van der Waals surface area contributed by atoms with Crippen LogP contribution in [0.5, 0.6) is 5.75 Å². The maximum atomic E-state index is 13.0. The Hall–Kier alpha value is -1.83. The number of benzene rings is 1. The van der Waals surface area contributed by atoms with Crippen molar-refractivity contribution in [1.82, 2.24) is 15.1 Å². The number of ether oxygens (including phenoxy) is 2. The van der Waals surface area contributed by atoms with Gasteiger partial charge < -0.3 is 24.6 Å². The van der Waals surface area contributed by atoms with E-state index in [1.54, 1.807) is 31.3 Å². The van der Waals surface area contributed by atoms with E-state index in [0.717, 1.165) is 13.1 Å². The highest BCUT2D eigenvalue weighted by Crippen LogP contribution is 2.26. The first-order valence-corrected chi connectivity index (χ1v) is 9.08. The second-order valence-electron chi connectivity index (χ2n) is 6.76. The first-order chi connectivity index (χ1) is 12.6. The van der Waals surface area contributed by atoms with Gasteiger partial charge in [0, 0.05) is 38.9 Å². The molecule has 2 amide bonds. The minimum absolute atomic E-state index is 0. The van der Waals surface area contributed by atoms with Crippen LogP contribution in [-0.2, 0) is 9.53 Å². The van der Waals surface area contributed by atoms with Crippen molar-refractivity contribution in [2.24, 2.45) is 0 Å². The van der Waals surface area contributed by atoms with Gasteiger partial charge in [0.15, 0.2) is 0 Å². The Bertz CT molecular complexity index is 656. The molecule has 0 aromatic heterocycles. The summed E-state index contributed by atoms with van der Waals surface area (Å²) in [6.07, 6.45) is 1.37. The molecule has 27 heavy (non-hydrogen) atoms. The van der Waals surface area contributed by atoms with Crippen LogP contribution in [0, 0.1) is 0 Å². The summed E-state index contributed by atoms with van der Waals surface area (Å²) in [5.41, 5.74) is -0.111. The average molecular weight is 398 g/mol. The number of hydrogen-bond acceptors (Lipinski definition) is 5. The van der Waals surface area contributed by atoms with Crippen LogP contribution in [-0.4, -0.2) is 80.7 Å². The lowest BCUT2D eigenvalue weighted by Gasteiger charge is -2.42. The minimum atomic E-state index is -0.718. The highest BCUT2D eigenvalue weighted by atomic mass is 35.5. The zero-order valence-corrected chi connectivity index (χ0v) is 16.7. The quantitative estimate of drug-likeness (QED) is 0.825. The second-order valence-corrected chi connectivity index (χ2v) is 6.76. The van der Waals surface area contributed by atoms with E-state index in [2.05, 4.69) is 5.32 Å². The van der Waals surface area contributed by atoms with Crippen molar-refractivity contribution < 1.29 is 19.1 Å². The molecule has 2 aliphatic heterocycles. The number of rotatable bonds is 4. The number of hydrogen-bond donors (Lipinski definition) is 1. The van der Waals surface area contributed by atoms with Gasteiger partial charge in [-0.05, 0) is 44.1 Å². The van der Waals surface area contributed by atoms with E-state index in [1.165, 1.54) is 0 Å². The molecule has 150 valence electrons. The van der Waals surface area contributed by atoms with Crippen molar-refractivity contribution in [2.45, 2.75) is 18.4 Å². The Kier molecular flexibility index (Phi) is 7.47. The molecule has 0 saturated carbocycles. The topological polar surface area (TPSA) is 71.1 Å². The molecule has 2 saturated heterocycles. The third kappa shape index (κ3) is 4.54. The number of piperidine rings is 1. The van der Waals surface area contributed by atoms with Gasteiger partial charge in [-0.2, -0.15) is 0 Å². The lowest BCUT2D eigenvalue weighted by molar-refractivity contribution is -0.159. The molecule has 1 aromatic rings. The molecule has 0 unspecified atom stereocenters. The van der Waals surface area contributed by atoms with Crippen molar-refractivity contribution in [3.05, 3.63) is 29.8 Å². The number of piperazine rings is 1. The van der Waals surface area contributed by atoms with Gasteiger partial charge in [0.1, 0.15) is 11.4 Å². The van der Waals surface area contributed by atoms with E-state index in [0.29, 0.717) is 50.3 Å². The zero-order valence-electron chi connectivity index (χ0n) is 15.9. The van der Waals surface area contributed by atoms with Gasteiger partial charge in [0.25, 0.3) is 11.8 Å². The Labute approximate surface area is 166 Å².